The number of para-hydroxylation sites is 1. The van der Waals surface area contributed by atoms with Gasteiger partial charge in [-0.25, -0.2) is 4.79 Å². The zero-order valence-corrected chi connectivity index (χ0v) is 17.3. The first-order valence-electron chi connectivity index (χ1n) is 9.61. The van der Waals surface area contributed by atoms with Gasteiger partial charge in [-0.15, -0.1) is 0 Å². The second kappa shape index (κ2) is 10.1. The summed E-state index contributed by atoms with van der Waals surface area (Å²) in [6, 6.07) is 9.26. The van der Waals surface area contributed by atoms with Gasteiger partial charge >= 0.3 is 18.3 Å². The topological polar surface area (TPSA) is 68.1 Å². The minimum atomic E-state index is -4.76. The first kappa shape index (κ1) is 25.3. The molecule has 0 fully saturated rings. The number of halogens is 6. The number of esters is 1. The first-order chi connectivity index (χ1) is 14.9. The molecule has 4 nitrogen and oxygen atoms in total. The van der Waals surface area contributed by atoms with Gasteiger partial charge in [-0.3, -0.25) is 0 Å². The highest BCUT2D eigenvalue weighted by Gasteiger charge is 2.36. The maximum absolute atomic E-state index is 12.2. The molecule has 10 heteroatoms. The Kier molecular flexibility index (Phi) is 7.95. The molecule has 0 atom stereocenters. The summed E-state index contributed by atoms with van der Waals surface area (Å²) in [5.41, 5.74) is 5.37. The van der Waals surface area contributed by atoms with Crippen LogP contribution < -0.4 is 5.73 Å². The Morgan fingerprint density at radius 1 is 1.00 bits per heavy atom. The Balaban J connectivity index is 0.000000229. The molecular weight excluding hydrogens is 438 g/mol. The molecular formula is C22H22F6N2O2. The fraction of sp³-hybridized carbons (Fsp3) is 0.318. The lowest BCUT2D eigenvalue weighted by atomic mass is 10.1. The van der Waals surface area contributed by atoms with E-state index in [0.29, 0.717) is 37.4 Å². The number of hydrogen-bond acceptors (Lipinski definition) is 3. The van der Waals surface area contributed by atoms with Crippen LogP contribution in [0.1, 0.15) is 39.7 Å². The van der Waals surface area contributed by atoms with E-state index in [9.17, 15) is 31.1 Å². The van der Waals surface area contributed by atoms with Crippen LogP contribution in [-0.4, -0.2) is 24.1 Å². The SMILES string of the molecule is CCOC(=O)c1[nH]c2ccccc2c1CCN.Cc1cc(C(F)(F)F)cc(C(F)(F)F)c1. The van der Waals surface area contributed by atoms with Crippen molar-refractivity contribution in [2.24, 2.45) is 5.73 Å². The third-order valence-corrected chi connectivity index (χ3v) is 4.42. The summed E-state index contributed by atoms with van der Waals surface area (Å²) in [6.07, 6.45) is -8.85. The Bertz CT molecular complexity index is 1040. The van der Waals surface area contributed by atoms with E-state index in [1.54, 1.807) is 6.92 Å². The third kappa shape index (κ3) is 6.25. The van der Waals surface area contributed by atoms with E-state index in [1.165, 1.54) is 6.92 Å². The van der Waals surface area contributed by atoms with Gasteiger partial charge in [-0.1, -0.05) is 18.2 Å². The van der Waals surface area contributed by atoms with Crippen molar-refractivity contribution in [3.05, 3.63) is 70.4 Å². The minimum absolute atomic E-state index is 0.0721. The minimum Gasteiger partial charge on any atom is -0.461 e. The van der Waals surface area contributed by atoms with Crippen LogP contribution in [0.2, 0.25) is 0 Å². The Labute approximate surface area is 180 Å². The molecule has 3 N–H and O–H groups in total. The predicted octanol–water partition coefficient (Wildman–Crippen LogP) is 5.88. The molecule has 0 spiro atoms. The van der Waals surface area contributed by atoms with E-state index in [4.69, 9.17) is 10.5 Å². The van der Waals surface area contributed by atoms with Crippen molar-refractivity contribution in [2.75, 3.05) is 13.2 Å². The number of fused-ring (bicyclic) bond motifs is 1. The van der Waals surface area contributed by atoms with Gasteiger partial charge in [-0.05, 0) is 62.2 Å². The van der Waals surface area contributed by atoms with Gasteiger partial charge in [0.2, 0.25) is 0 Å². The number of nitrogens with one attached hydrogen (secondary N) is 1. The summed E-state index contributed by atoms with van der Waals surface area (Å²) in [4.78, 5) is 14.9. The second-order valence-electron chi connectivity index (χ2n) is 6.87. The molecule has 0 saturated carbocycles. The maximum Gasteiger partial charge on any atom is 0.416 e. The number of aryl methyl sites for hydroxylation is 1. The molecule has 1 heterocycles. The van der Waals surface area contributed by atoms with Crippen molar-refractivity contribution in [1.29, 1.82) is 0 Å². The van der Waals surface area contributed by atoms with Crippen molar-refractivity contribution >= 4 is 16.9 Å². The van der Waals surface area contributed by atoms with Gasteiger partial charge in [0, 0.05) is 10.9 Å². The number of carbonyl (C=O) groups excluding carboxylic acids is 1. The zero-order valence-electron chi connectivity index (χ0n) is 17.3. The molecule has 0 aliphatic carbocycles. The lowest BCUT2D eigenvalue weighted by Crippen LogP contribution is -2.11. The number of H-pyrrole nitrogens is 1. The number of carbonyl (C=O) groups is 1. The fourth-order valence-electron chi connectivity index (χ4n) is 3.09. The number of aromatic nitrogens is 1. The summed E-state index contributed by atoms with van der Waals surface area (Å²) < 4.78 is 78.0. The molecule has 0 amide bonds. The van der Waals surface area contributed by atoms with Crippen molar-refractivity contribution in [2.45, 2.75) is 32.6 Å². The average molecular weight is 460 g/mol. The van der Waals surface area contributed by atoms with Crippen LogP contribution in [0.4, 0.5) is 26.3 Å². The van der Waals surface area contributed by atoms with Gasteiger partial charge in [0.1, 0.15) is 5.69 Å². The van der Waals surface area contributed by atoms with Crippen LogP contribution in [-0.2, 0) is 23.5 Å². The Hall–Kier alpha value is -3.01. The number of nitrogens with two attached hydrogens (primary N) is 1. The van der Waals surface area contributed by atoms with E-state index in [-0.39, 0.29) is 17.6 Å². The van der Waals surface area contributed by atoms with Gasteiger partial charge in [0.25, 0.3) is 0 Å². The number of rotatable bonds is 4. The lowest BCUT2D eigenvalue weighted by Gasteiger charge is -2.12. The molecule has 32 heavy (non-hydrogen) atoms. The fourth-order valence-corrected chi connectivity index (χ4v) is 3.09. The normalized spacial score (nSPS) is 11.8. The molecule has 2 aromatic carbocycles. The van der Waals surface area contributed by atoms with E-state index in [0.717, 1.165) is 16.5 Å². The Morgan fingerprint density at radius 2 is 1.56 bits per heavy atom. The van der Waals surface area contributed by atoms with Crippen molar-refractivity contribution in [3.63, 3.8) is 0 Å². The molecule has 0 saturated heterocycles. The number of alkyl halides is 6. The van der Waals surface area contributed by atoms with Gasteiger partial charge in [0.15, 0.2) is 0 Å². The molecule has 3 rings (SSSR count). The largest absolute Gasteiger partial charge is 0.461 e. The molecule has 0 radical (unpaired) electrons. The van der Waals surface area contributed by atoms with E-state index < -0.39 is 23.5 Å². The smallest absolute Gasteiger partial charge is 0.416 e. The molecule has 0 unspecified atom stereocenters. The van der Waals surface area contributed by atoms with Gasteiger partial charge < -0.3 is 15.5 Å². The number of aromatic amines is 1. The number of ether oxygens (including phenoxy) is 1. The van der Waals surface area contributed by atoms with Crippen LogP contribution >= 0.6 is 0 Å². The Morgan fingerprint density at radius 3 is 2.06 bits per heavy atom. The molecule has 1 aromatic heterocycles. The summed E-state index contributed by atoms with van der Waals surface area (Å²) in [5.74, 6) is -0.313. The zero-order chi connectivity index (χ0) is 24.1. The molecule has 0 bridgehead atoms. The third-order valence-electron chi connectivity index (χ3n) is 4.42. The molecule has 174 valence electrons. The highest BCUT2D eigenvalue weighted by atomic mass is 19.4. The molecule has 0 aliphatic rings. The second-order valence-corrected chi connectivity index (χ2v) is 6.87. The molecule has 0 aliphatic heterocycles. The van der Waals surface area contributed by atoms with Gasteiger partial charge in [-0.2, -0.15) is 26.3 Å². The number of hydrogen-bond donors (Lipinski definition) is 2. The molecule has 3 aromatic rings. The van der Waals surface area contributed by atoms with E-state index >= 15 is 0 Å². The van der Waals surface area contributed by atoms with E-state index in [1.807, 2.05) is 24.3 Å². The monoisotopic (exact) mass is 460 g/mol. The van der Waals surface area contributed by atoms with Crippen molar-refractivity contribution in [3.8, 4) is 0 Å². The maximum atomic E-state index is 12.2. The van der Waals surface area contributed by atoms with Crippen LogP contribution in [0.15, 0.2) is 42.5 Å². The van der Waals surface area contributed by atoms with Crippen LogP contribution in [0.25, 0.3) is 10.9 Å². The highest BCUT2D eigenvalue weighted by Crippen LogP contribution is 2.36. The van der Waals surface area contributed by atoms with Crippen molar-refractivity contribution in [1.82, 2.24) is 4.98 Å². The summed E-state index contributed by atoms with van der Waals surface area (Å²) in [7, 11) is 0. The van der Waals surface area contributed by atoms with E-state index in [2.05, 4.69) is 4.98 Å². The predicted molar refractivity (Wildman–Crippen MR) is 108 cm³/mol. The number of benzene rings is 2. The van der Waals surface area contributed by atoms with Crippen LogP contribution in [0, 0.1) is 6.92 Å². The highest BCUT2D eigenvalue weighted by molar-refractivity contribution is 5.98. The average Bonchev–Trinajstić information content (AvgIpc) is 3.06. The summed E-state index contributed by atoms with van der Waals surface area (Å²) in [5, 5.41) is 1.04. The van der Waals surface area contributed by atoms with Crippen LogP contribution in [0.5, 0.6) is 0 Å². The standard InChI is InChI=1S/C13H16N2O2.C9H6F6/c1-2-17-13(16)12-10(7-8-14)9-5-3-4-6-11(9)15-12;1-5-2-6(8(10,11)12)4-7(3-5)9(13,14)15/h3-6,15H,2,7-8,14H2,1H3;2-4H,1H3. The first-order valence-corrected chi connectivity index (χ1v) is 9.61. The summed E-state index contributed by atoms with van der Waals surface area (Å²) >= 11 is 0. The van der Waals surface area contributed by atoms with Crippen LogP contribution in [0.3, 0.4) is 0 Å². The summed E-state index contributed by atoms with van der Waals surface area (Å²) in [6.45, 7) is 3.86. The lowest BCUT2D eigenvalue weighted by molar-refractivity contribution is -0.143. The van der Waals surface area contributed by atoms with Gasteiger partial charge in [0.05, 0.1) is 17.7 Å². The van der Waals surface area contributed by atoms with Crippen molar-refractivity contribution < 1.29 is 35.9 Å². The quantitative estimate of drug-likeness (QED) is 0.378.